The fourth-order valence-electron chi connectivity index (χ4n) is 1.36. The summed E-state index contributed by atoms with van der Waals surface area (Å²) in [6.45, 7) is 5.58. The van der Waals surface area contributed by atoms with Gasteiger partial charge in [0.1, 0.15) is 9.84 Å². The van der Waals surface area contributed by atoms with Crippen LogP contribution in [0.2, 0.25) is 0 Å². The third-order valence-electron chi connectivity index (χ3n) is 2.23. The highest BCUT2D eigenvalue weighted by molar-refractivity contribution is 7.90. The minimum atomic E-state index is -3.24. The van der Waals surface area contributed by atoms with Crippen molar-refractivity contribution in [1.29, 1.82) is 0 Å². The number of hydrogen-bond acceptors (Lipinski definition) is 4. The van der Waals surface area contributed by atoms with Crippen molar-refractivity contribution in [3.8, 4) is 0 Å². The first kappa shape index (κ1) is 14.4. The van der Waals surface area contributed by atoms with E-state index in [1.54, 1.807) is 0 Å². The summed E-state index contributed by atoms with van der Waals surface area (Å²) in [6, 6.07) is 0. The van der Waals surface area contributed by atoms with Gasteiger partial charge in [-0.3, -0.25) is 4.79 Å². The van der Waals surface area contributed by atoms with Crippen LogP contribution in [0, 0.1) is 5.92 Å². The molecule has 0 aliphatic carbocycles. The van der Waals surface area contributed by atoms with Crippen LogP contribution in [0.3, 0.4) is 0 Å². The third kappa shape index (κ3) is 6.46. The van der Waals surface area contributed by atoms with E-state index in [4.69, 9.17) is 5.11 Å². The molecule has 5 nitrogen and oxygen atoms in total. The Balaban J connectivity index is 4.48. The molecule has 0 heterocycles. The Morgan fingerprint density at radius 1 is 1.33 bits per heavy atom. The maximum Gasteiger partial charge on any atom is 0.308 e. The second kappa shape index (κ2) is 6.07. The molecule has 0 amide bonds. The zero-order chi connectivity index (χ0) is 12.1. The predicted octanol–water partition coefficient (Wildman–Crippen LogP) is 0.0736. The van der Waals surface area contributed by atoms with Crippen LogP contribution in [0.15, 0.2) is 0 Å². The van der Waals surface area contributed by atoms with Crippen LogP contribution in [-0.2, 0) is 14.6 Å². The summed E-state index contributed by atoms with van der Waals surface area (Å²) in [6.07, 6.45) is 1.06. The van der Waals surface area contributed by atoms with Crippen molar-refractivity contribution in [3.05, 3.63) is 0 Å². The molecular weight excluding hydrogens is 218 g/mol. The van der Waals surface area contributed by atoms with E-state index in [9.17, 15) is 13.2 Å². The second-order valence-electron chi connectivity index (χ2n) is 3.61. The Bertz CT molecular complexity index is 295. The molecule has 90 valence electrons. The minimum Gasteiger partial charge on any atom is -0.481 e. The Labute approximate surface area is 91.0 Å². The molecule has 1 unspecified atom stereocenters. The molecule has 0 aromatic rings. The van der Waals surface area contributed by atoms with Gasteiger partial charge in [-0.05, 0) is 13.1 Å². The van der Waals surface area contributed by atoms with Gasteiger partial charge in [0.15, 0.2) is 0 Å². The highest BCUT2D eigenvalue weighted by atomic mass is 32.2. The minimum absolute atomic E-state index is 0.287. The lowest BCUT2D eigenvalue weighted by Gasteiger charge is -2.22. The summed E-state index contributed by atoms with van der Waals surface area (Å²) in [5.74, 6) is -2.18. The van der Waals surface area contributed by atoms with Gasteiger partial charge >= 0.3 is 5.97 Å². The molecule has 0 aromatic heterocycles. The van der Waals surface area contributed by atoms with Gasteiger partial charge in [0, 0.05) is 12.8 Å². The molecule has 0 rings (SSSR count). The molecule has 0 aliphatic rings. The summed E-state index contributed by atoms with van der Waals surface area (Å²) < 4.78 is 22.0. The molecule has 0 aliphatic heterocycles. The van der Waals surface area contributed by atoms with Crippen molar-refractivity contribution in [2.24, 2.45) is 5.92 Å². The van der Waals surface area contributed by atoms with Crippen LogP contribution in [0.4, 0.5) is 0 Å². The van der Waals surface area contributed by atoms with E-state index in [0.29, 0.717) is 0 Å². The fourth-order valence-corrected chi connectivity index (χ4v) is 2.34. The molecule has 0 saturated heterocycles. The number of rotatable bonds is 7. The first-order valence-electron chi connectivity index (χ1n) is 4.93. The molecule has 0 fully saturated rings. The van der Waals surface area contributed by atoms with E-state index >= 15 is 0 Å². The van der Waals surface area contributed by atoms with Gasteiger partial charge in [-0.25, -0.2) is 8.42 Å². The van der Waals surface area contributed by atoms with Crippen molar-refractivity contribution in [2.75, 3.05) is 31.6 Å². The maximum atomic E-state index is 11.0. The molecule has 6 heteroatoms. The lowest BCUT2D eigenvalue weighted by atomic mass is 10.1. The average molecular weight is 237 g/mol. The molecule has 1 atom stereocenters. The fraction of sp³-hybridized carbons (Fsp3) is 0.889. The van der Waals surface area contributed by atoms with E-state index in [-0.39, 0.29) is 12.3 Å². The first-order valence-corrected chi connectivity index (χ1v) is 6.99. The zero-order valence-corrected chi connectivity index (χ0v) is 10.2. The Hall–Kier alpha value is -0.620. The number of hydrogen-bond donors (Lipinski definition) is 1. The van der Waals surface area contributed by atoms with E-state index < -0.39 is 21.7 Å². The van der Waals surface area contributed by atoms with E-state index in [1.807, 2.05) is 18.7 Å². The number of aliphatic carboxylic acids is 1. The summed E-state index contributed by atoms with van der Waals surface area (Å²) in [4.78, 5) is 12.8. The van der Waals surface area contributed by atoms with E-state index in [2.05, 4.69) is 0 Å². The second-order valence-corrected chi connectivity index (χ2v) is 5.80. The molecule has 0 bridgehead atoms. The van der Waals surface area contributed by atoms with Crippen LogP contribution >= 0.6 is 0 Å². The quantitative estimate of drug-likeness (QED) is 0.678. The molecule has 1 N–H and O–H groups in total. The Kier molecular flexibility index (Phi) is 5.82. The summed E-state index contributed by atoms with van der Waals surface area (Å²) in [5.41, 5.74) is 0. The van der Waals surface area contributed by atoms with Crippen LogP contribution in [0.5, 0.6) is 0 Å². The number of carboxylic acids is 1. The van der Waals surface area contributed by atoms with Crippen molar-refractivity contribution in [3.63, 3.8) is 0 Å². The highest BCUT2D eigenvalue weighted by Gasteiger charge is 2.24. The topological polar surface area (TPSA) is 74.7 Å². The van der Waals surface area contributed by atoms with Crippen LogP contribution < -0.4 is 0 Å². The SMILES string of the molecule is CCN(CC)CC(CS(C)(=O)=O)C(=O)O. The molecule has 0 radical (unpaired) electrons. The molecule has 15 heavy (non-hydrogen) atoms. The summed E-state index contributed by atoms with van der Waals surface area (Å²) >= 11 is 0. The van der Waals surface area contributed by atoms with Crippen LogP contribution in [0.1, 0.15) is 13.8 Å². The lowest BCUT2D eigenvalue weighted by Crippen LogP contribution is -2.36. The Morgan fingerprint density at radius 2 is 1.80 bits per heavy atom. The van der Waals surface area contributed by atoms with Gasteiger partial charge < -0.3 is 10.0 Å². The van der Waals surface area contributed by atoms with Crippen molar-refractivity contribution >= 4 is 15.8 Å². The average Bonchev–Trinajstić information content (AvgIpc) is 2.09. The third-order valence-corrected chi connectivity index (χ3v) is 3.23. The van der Waals surface area contributed by atoms with Gasteiger partial charge in [-0.2, -0.15) is 0 Å². The lowest BCUT2D eigenvalue weighted by molar-refractivity contribution is -0.141. The summed E-state index contributed by atoms with van der Waals surface area (Å²) in [7, 11) is -3.24. The molecular formula is C9H19NO4S. The van der Waals surface area contributed by atoms with Crippen molar-refractivity contribution < 1.29 is 18.3 Å². The largest absolute Gasteiger partial charge is 0.481 e. The van der Waals surface area contributed by atoms with Crippen molar-refractivity contribution in [2.45, 2.75) is 13.8 Å². The first-order chi connectivity index (χ1) is 6.80. The monoisotopic (exact) mass is 237 g/mol. The van der Waals surface area contributed by atoms with E-state index in [0.717, 1.165) is 19.3 Å². The zero-order valence-electron chi connectivity index (χ0n) is 9.43. The normalized spacial score (nSPS) is 14.1. The number of nitrogens with zero attached hydrogens (tertiary/aromatic N) is 1. The van der Waals surface area contributed by atoms with Gasteiger partial charge in [0.2, 0.25) is 0 Å². The van der Waals surface area contributed by atoms with Crippen molar-refractivity contribution in [1.82, 2.24) is 4.90 Å². The molecule has 0 saturated carbocycles. The predicted molar refractivity (Wildman–Crippen MR) is 58.6 cm³/mol. The van der Waals surface area contributed by atoms with Crippen LogP contribution in [-0.4, -0.2) is 56.0 Å². The maximum absolute atomic E-state index is 11.0. The Morgan fingerprint density at radius 3 is 2.07 bits per heavy atom. The number of carbonyl (C=O) groups is 1. The van der Waals surface area contributed by atoms with Gasteiger partial charge in [-0.1, -0.05) is 13.8 Å². The standard InChI is InChI=1S/C9H19NO4S/c1-4-10(5-2)6-8(9(11)12)7-15(3,13)14/h8H,4-7H2,1-3H3,(H,11,12). The highest BCUT2D eigenvalue weighted by Crippen LogP contribution is 2.05. The van der Waals surface area contributed by atoms with Gasteiger partial charge in [-0.15, -0.1) is 0 Å². The number of carboxylic acid groups (broad SMARTS) is 1. The van der Waals surface area contributed by atoms with E-state index in [1.165, 1.54) is 0 Å². The van der Waals surface area contributed by atoms with Gasteiger partial charge in [0.25, 0.3) is 0 Å². The van der Waals surface area contributed by atoms with Gasteiger partial charge in [0.05, 0.1) is 11.7 Å². The molecule has 0 aromatic carbocycles. The van der Waals surface area contributed by atoms with Crippen LogP contribution in [0.25, 0.3) is 0 Å². The summed E-state index contributed by atoms with van der Waals surface area (Å²) in [5, 5.41) is 8.89. The molecule has 0 spiro atoms. The number of sulfone groups is 1. The smallest absolute Gasteiger partial charge is 0.308 e.